The maximum absolute atomic E-state index is 6.39. The molecule has 0 spiro atoms. The predicted octanol–water partition coefficient (Wildman–Crippen LogP) is 3.37. The molecule has 3 rings (SSSR count). The van der Waals surface area contributed by atoms with Gasteiger partial charge < -0.3 is 5.73 Å². The highest BCUT2D eigenvalue weighted by Gasteiger charge is 2.24. The zero-order valence-corrected chi connectivity index (χ0v) is 9.91. The van der Waals surface area contributed by atoms with E-state index in [9.17, 15) is 0 Å². The fourth-order valence-corrected chi connectivity index (χ4v) is 3.39. The van der Waals surface area contributed by atoms with Crippen LogP contribution in [0.25, 0.3) is 0 Å². The molecule has 1 atom stereocenters. The summed E-state index contributed by atoms with van der Waals surface area (Å²) in [6.07, 6.45) is 9.29. The van der Waals surface area contributed by atoms with Crippen molar-refractivity contribution in [1.29, 1.82) is 0 Å². The zero-order valence-electron chi connectivity index (χ0n) is 9.91. The van der Waals surface area contributed by atoms with Gasteiger partial charge in [-0.25, -0.2) is 0 Å². The average molecular weight is 215 g/mol. The molecule has 1 fully saturated rings. The third kappa shape index (κ3) is 1.78. The summed E-state index contributed by atoms with van der Waals surface area (Å²) in [5.41, 5.74) is 10.9. The second-order valence-corrected chi connectivity index (χ2v) is 5.45. The highest BCUT2D eigenvalue weighted by atomic mass is 14.7. The van der Waals surface area contributed by atoms with Gasteiger partial charge in [0, 0.05) is 6.04 Å². The van der Waals surface area contributed by atoms with E-state index in [4.69, 9.17) is 5.73 Å². The van der Waals surface area contributed by atoms with Crippen LogP contribution >= 0.6 is 0 Å². The van der Waals surface area contributed by atoms with Crippen LogP contribution in [0.2, 0.25) is 0 Å². The van der Waals surface area contributed by atoms with E-state index in [1.54, 1.807) is 11.1 Å². The number of fused-ring (bicyclic) bond motifs is 1. The molecule has 2 N–H and O–H groups in total. The molecule has 0 aromatic heterocycles. The molecule has 2 aliphatic rings. The number of rotatable bonds is 2. The lowest BCUT2D eigenvalue weighted by molar-refractivity contribution is 0.444. The largest absolute Gasteiger partial charge is 0.324 e. The lowest BCUT2D eigenvalue weighted by Gasteiger charge is -2.20. The van der Waals surface area contributed by atoms with Crippen molar-refractivity contribution < 1.29 is 0 Å². The van der Waals surface area contributed by atoms with Crippen molar-refractivity contribution in [2.45, 2.75) is 51.0 Å². The molecule has 0 heterocycles. The molecule has 0 amide bonds. The normalized spacial score (nSPS) is 22.3. The monoisotopic (exact) mass is 215 g/mol. The van der Waals surface area contributed by atoms with Crippen LogP contribution in [-0.4, -0.2) is 0 Å². The van der Waals surface area contributed by atoms with Crippen molar-refractivity contribution >= 4 is 0 Å². The lowest BCUT2D eigenvalue weighted by atomic mass is 9.91. The van der Waals surface area contributed by atoms with Gasteiger partial charge in [0.2, 0.25) is 0 Å². The summed E-state index contributed by atoms with van der Waals surface area (Å²) in [4.78, 5) is 0. The fraction of sp³-hybridized carbons (Fsp3) is 0.600. The van der Waals surface area contributed by atoms with E-state index < -0.39 is 0 Å². The van der Waals surface area contributed by atoms with Gasteiger partial charge in [-0.05, 0) is 54.7 Å². The Hall–Kier alpha value is -0.820. The average Bonchev–Trinajstić information content (AvgIpc) is 2.98. The molecule has 1 aromatic rings. The molecule has 2 aliphatic carbocycles. The topological polar surface area (TPSA) is 26.0 Å². The van der Waals surface area contributed by atoms with Gasteiger partial charge in [-0.3, -0.25) is 0 Å². The highest BCUT2D eigenvalue weighted by Crippen LogP contribution is 2.35. The number of aryl methyl sites for hydroxylation is 2. The first-order valence-corrected chi connectivity index (χ1v) is 6.72. The third-order valence-electron chi connectivity index (χ3n) is 4.42. The van der Waals surface area contributed by atoms with Crippen molar-refractivity contribution in [3.05, 3.63) is 34.9 Å². The maximum atomic E-state index is 6.39. The first-order chi connectivity index (χ1) is 7.84. The number of hydrogen-bond donors (Lipinski definition) is 1. The van der Waals surface area contributed by atoms with E-state index in [1.807, 2.05) is 0 Å². The minimum atomic E-state index is 0.286. The van der Waals surface area contributed by atoms with Crippen LogP contribution in [0.3, 0.4) is 0 Å². The Morgan fingerprint density at radius 1 is 1.00 bits per heavy atom. The molecular weight excluding hydrogens is 194 g/mol. The Kier molecular flexibility index (Phi) is 2.72. The Morgan fingerprint density at radius 3 is 2.56 bits per heavy atom. The molecule has 0 bridgehead atoms. The van der Waals surface area contributed by atoms with Crippen LogP contribution in [0.15, 0.2) is 18.2 Å². The van der Waals surface area contributed by atoms with E-state index in [2.05, 4.69) is 18.2 Å². The van der Waals surface area contributed by atoms with Crippen molar-refractivity contribution in [2.24, 2.45) is 11.7 Å². The highest BCUT2D eigenvalue weighted by molar-refractivity contribution is 5.36. The van der Waals surface area contributed by atoms with Crippen molar-refractivity contribution in [1.82, 2.24) is 0 Å². The quantitative estimate of drug-likeness (QED) is 0.804. The minimum Gasteiger partial charge on any atom is -0.324 e. The van der Waals surface area contributed by atoms with Crippen LogP contribution < -0.4 is 5.73 Å². The SMILES string of the molecule is NC(c1ccc2c(c1)CCC2)C1CCCC1. The lowest BCUT2D eigenvalue weighted by Crippen LogP contribution is -2.19. The van der Waals surface area contributed by atoms with Crippen LogP contribution in [-0.2, 0) is 12.8 Å². The summed E-state index contributed by atoms with van der Waals surface area (Å²) in [5.74, 6) is 0.736. The third-order valence-corrected chi connectivity index (χ3v) is 4.42. The van der Waals surface area contributed by atoms with E-state index in [-0.39, 0.29) is 6.04 Å². The molecule has 1 aromatic carbocycles. The summed E-state index contributed by atoms with van der Waals surface area (Å²) in [6.45, 7) is 0. The van der Waals surface area contributed by atoms with E-state index >= 15 is 0 Å². The van der Waals surface area contributed by atoms with Crippen LogP contribution in [0.4, 0.5) is 0 Å². The van der Waals surface area contributed by atoms with Gasteiger partial charge in [0.25, 0.3) is 0 Å². The molecule has 1 nitrogen and oxygen atoms in total. The second kappa shape index (κ2) is 4.21. The van der Waals surface area contributed by atoms with Gasteiger partial charge >= 0.3 is 0 Å². The van der Waals surface area contributed by atoms with Crippen molar-refractivity contribution in [3.8, 4) is 0 Å². The van der Waals surface area contributed by atoms with Gasteiger partial charge in [-0.15, -0.1) is 0 Å². The first kappa shape index (κ1) is 10.3. The zero-order chi connectivity index (χ0) is 11.0. The number of benzene rings is 1. The Labute approximate surface area is 98.0 Å². The predicted molar refractivity (Wildman–Crippen MR) is 67.4 cm³/mol. The molecule has 1 heteroatoms. The number of hydrogen-bond acceptors (Lipinski definition) is 1. The van der Waals surface area contributed by atoms with Gasteiger partial charge in [-0.1, -0.05) is 31.0 Å². The smallest absolute Gasteiger partial charge is 0.0323 e. The molecule has 0 radical (unpaired) electrons. The molecule has 1 saturated carbocycles. The van der Waals surface area contributed by atoms with Crippen molar-refractivity contribution in [2.75, 3.05) is 0 Å². The summed E-state index contributed by atoms with van der Waals surface area (Å²) >= 11 is 0. The first-order valence-electron chi connectivity index (χ1n) is 6.72. The Bertz CT molecular complexity index is 377. The molecule has 0 saturated heterocycles. The van der Waals surface area contributed by atoms with Gasteiger partial charge in [-0.2, -0.15) is 0 Å². The Morgan fingerprint density at radius 2 is 1.75 bits per heavy atom. The summed E-state index contributed by atoms with van der Waals surface area (Å²) in [6, 6.07) is 7.25. The second-order valence-electron chi connectivity index (χ2n) is 5.45. The Balaban J connectivity index is 1.83. The van der Waals surface area contributed by atoms with Gasteiger partial charge in [0.05, 0.1) is 0 Å². The summed E-state index contributed by atoms with van der Waals surface area (Å²) in [7, 11) is 0. The maximum Gasteiger partial charge on any atom is 0.0323 e. The van der Waals surface area contributed by atoms with Crippen LogP contribution in [0.1, 0.15) is 54.8 Å². The van der Waals surface area contributed by atoms with E-state index in [1.165, 1.54) is 50.5 Å². The molecule has 1 unspecified atom stereocenters. The van der Waals surface area contributed by atoms with Crippen LogP contribution in [0, 0.1) is 5.92 Å². The fourth-order valence-electron chi connectivity index (χ4n) is 3.39. The summed E-state index contributed by atoms with van der Waals surface area (Å²) < 4.78 is 0. The van der Waals surface area contributed by atoms with Crippen molar-refractivity contribution in [3.63, 3.8) is 0 Å². The van der Waals surface area contributed by atoms with E-state index in [0.717, 1.165) is 5.92 Å². The molecule has 0 aliphatic heterocycles. The standard InChI is InChI=1S/C15H21N/c16-15(12-4-1-2-5-12)14-9-8-11-6-3-7-13(11)10-14/h8-10,12,15H,1-7,16H2. The summed E-state index contributed by atoms with van der Waals surface area (Å²) in [5, 5.41) is 0. The molecule has 86 valence electrons. The minimum absolute atomic E-state index is 0.286. The molecular formula is C15H21N. The molecule has 16 heavy (non-hydrogen) atoms. The van der Waals surface area contributed by atoms with Gasteiger partial charge in [0.1, 0.15) is 0 Å². The van der Waals surface area contributed by atoms with Gasteiger partial charge in [0.15, 0.2) is 0 Å². The number of nitrogens with two attached hydrogens (primary N) is 1. The van der Waals surface area contributed by atoms with E-state index in [0.29, 0.717) is 0 Å². The van der Waals surface area contributed by atoms with Crippen LogP contribution in [0.5, 0.6) is 0 Å².